The minimum Gasteiger partial charge on any atom is -0.462 e. The van der Waals surface area contributed by atoms with Crippen LogP contribution in [0.25, 0.3) is 0 Å². The van der Waals surface area contributed by atoms with Gasteiger partial charge in [0, 0.05) is 12.8 Å². The summed E-state index contributed by atoms with van der Waals surface area (Å²) in [6, 6.07) is 0. The molecule has 0 saturated carbocycles. The standard InChI is InChI=1S/C32H63O10P/c1-3-5-7-9-11-13-14-16-18-20-22-24-32(36)42-30(28-41-43(37,38)40-26-29(34)25-33)27-39-31(35)23-21-19-17-15-12-10-8-6-4-2/h29-30,33-34H,3-28H2,1-2H3,(H,37,38)/t29-,30+/m0/s1. The molecule has 0 aromatic carbocycles. The molecule has 0 aliphatic carbocycles. The Morgan fingerprint density at radius 2 is 1.00 bits per heavy atom. The molecule has 3 N–H and O–H groups in total. The maximum atomic E-state index is 12.5. The Morgan fingerprint density at radius 1 is 0.605 bits per heavy atom. The van der Waals surface area contributed by atoms with E-state index in [2.05, 4.69) is 18.4 Å². The summed E-state index contributed by atoms with van der Waals surface area (Å²) in [5.74, 6) is -0.923. The van der Waals surface area contributed by atoms with Crippen LogP contribution in [0, 0.1) is 0 Å². The van der Waals surface area contributed by atoms with Gasteiger partial charge in [-0.3, -0.25) is 18.6 Å². The number of aliphatic hydroxyl groups is 2. The fraction of sp³-hybridized carbons (Fsp3) is 0.938. The van der Waals surface area contributed by atoms with Crippen molar-refractivity contribution < 1.29 is 47.8 Å². The molecular weight excluding hydrogens is 575 g/mol. The first-order valence-corrected chi connectivity index (χ1v) is 18.5. The van der Waals surface area contributed by atoms with Crippen LogP contribution in [0.1, 0.15) is 155 Å². The fourth-order valence-corrected chi connectivity index (χ4v) is 5.37. The Morgan fingerprint density at radius 3 is 1.44 bits per heavy atom. The van der Waals surface area contributed by atoms with Crippen LogP contribution in [0.3, 0.4) is 0 Å². The number of hydrogen-bond acceptors (Lipinski definition) is 9. The van der Waals surface area contributed by atoms with Crippen LogP contribution in [0.4, 0.5) is 0 Å². The van der Waals surface area contributed by atoms with Gasteiger partial charge in [0.15, 0.2) is 6.10 Å². The van der Waals surface area contributed by atoms with Crippen molar-refractivity contribution in [3.05, 3.63) is 0 Å². The predicted molar refractivity (Wildman–Crippen MR) is 169 cm³/mol. The lowest BCUT2D eigenvalue weighted by atomic mass is 10.1. The third-order valence-corrected chi connectivity index (χ3v) is 8.21. The van der Waals surface area contributed by atoms with Crippen molar-refractivity contribution in [3.63, 3.8) is 0 Å². The molecule has 0 fully saturated rings. The van der Waals surface area contributed by atoms with Gasteiger partial charge >= 0.3 is 19.8 Å². The number of carbonyl (C=O) groups excluding carboxylic acids is 2. The molecule has 0 radical (unpaired) electrons. The van der Waals surface area contributed by atoms with Crippen molar-refractivity contribution in [3.8, 4) is 0 Å². The summed E-state index contributed by atoms with van der Waals surface area (Å²) < 4.78 is 32.4. The summed E-state index contributed by atoms with van der Waals surface area (Å²) in [5.41, 5.74) is 0. The van der Waals surface area contributed by atoms with Crippen molar-refractivity contribution in [2.45, 2.75) is 167 Å². The van der Waals surface area contributed by atoms with Crippen LogP contribution >= 0.6 is 7.82 Å². The van der Waals surface area contributed by atoms with Gasteiger partial charge < -0.3 is 24.6 Å². The molecule has 0 spiro atoms. The number of phosphoric acid groups is 1. The maximum Gasteiger partial charge on any atom is 0.472 e. The number of ether oxygens (including phenoxy) is 2. The zero-order chi connectivity index (χ0) is 32.0. The molecule has 3 atom stereocenters. The monoisotopic (exact) mass is 638 g/mol. The van der Waals surface area contributed by atoms with Gasteiger partial charge in [-0.1, -0.05) is 129 Å². The lowest BCUT2D eigenvalue weighted by molar-refractivity contribution is -0.161. The first kappa shape index (κ1) is 42.0. The molecule has 0 aliphatic rings. The summed E-state index contributed by atoms with van der Waals surface area (Å²) in [6.07, 6.45) is 20.9. The molecule has 0 amide bonds. The largest absolute Gasteiger partial charge is 0.472 e. The number of unbranched alkanes of at least 4 members (excludes halogenated alkanes) is 18. The van der Waals surface area contributed by atoms with Gasteiger partial charge in [-0.15, -0.1) is 0 Å². The Labute approximate surface area is 261 Å². The number of rotatable bonds is 32. The number of phosphoric ester groups is 1. The van der Waals surface area contributed by atoms with Gasteiger partial charge in [-0.25, -0.2) is 4.57 Å². The quantitative estimate of drug-likeness (QED) is 0.0383. The van der Waals surface area contributed by atoms with Gasteiger partial charge in [-0.2, -0.15) is 0 Å². The average Bonchev–Trinajstić information content (AvgIpc) is 2.99. The van der Waals surface area contributed by atoms with E-state index in [4.69, 9.17) is 19.1 Å². The first-order chi connectivity index (χ1) is 20.7. The topological polar surface area (TPSA) is 149 Å². The van der Waals surface area contributed by atoms with Crippen LogP contribution in [-0.2, 0) is 32.7 Å². The molecule has 11 heteroatoms. The number of esters is 2. The Bertz CT molecular complexity index is 706. The molecule has 0 saturated heterocycles. The lowest BCUT2D eigenvalue weighted by Gasteiger charge is -2.20. The molecular formula is C32H63O10P. The van der Waals surface area contributed by atoms with Crippen molar-refractivity contribution in [1.82, 2.24) is 0 Å². The summed E-state index contributed by atoms with van der Waals surface area (Å²) in [4.78, 5) is 34.6. The summed E-state index contributed by atoms with van der Waals surface area (Å²) >= 11 is 0. The van der Waals surface area contributed by atoms with Gasteiger partial charge in [0.2, 0.25) is 0 Å². The minimum atomic E-state index is -4.59. The maximum absolute atomic E-state index is 12.5. The molecule has 0 heterocycles. The lowest BCUT2D eigenvalue weighted by Crippen LogP contribution is -2.29. The van der Waals surface area contributed by atoms with E-state index >= 15 is 0 Å². The van der Waals surface area contributed by atoms with E-state index in [1.165, 1.54) is 77.0 Å². The van der Waals surface area contributed by atoms with Crippen LogP contribution in [-0.4, -0.2) is 65.7 Å². The van der Waals surface area contributed by atoms with E-state index in [-0.39, 0.29) is 19.4 Å². The van der Waals surface area contributed by atoms with E-state index in [0.717, 1.165) is 38.5 Å². The average molecular weight is 639 g/mol. The zero-order valence-corrected chi connectivity index (χ0v) is 28.1. The predicted octanol–water partition coefficient (Wildman–Crippen LogP) is 7.55. The van der Waals surface area contributed by atoms with E-state index in [1.54, 1.807) is 0 Å². The highest BCUT2D eigenvalue weighted by molar-refractivity contribution is 7.47. The highest BCUT2D eigenvalue weighted by Gasteiger charge is 2.27. The van der Waals surface area contributed by atoms with E-state index < -0.39 is 51.8 Å². The summed E-state index contributed by atoms with van der Waals surface area (Å²) in [5, 5.41) is 18.2. The second-order valence-electron chi connectivity index (χ2n) is 11.6. The second kappa shape index (κ2) is 29.7. The molecule has 256 valence electrons. The van der Waals surface area contributed by atoms with Gasteiger partial charge in [0.05, 0.1) is 19.8 Å². The fourth-order valence-electron chi connectivity index (χ4n) is 4.58. The smallest absolute Gasteiger partial charge is 0.462 e. The van der Waals surface area contributed by atoms with Gasteiger partial charge in [0.1, 0.15) is 12.7 Å². The van der Waals surface area contributed by atoms with E-state index in [1.807, 2.05) is 0 Å². The Balaban J connectivity index is 4.42. The van der Waals surface area contributed by atoms with Crippen molar-refractivity contribution in [2.75, 3.05) is 26.4 Å². The molecule has 0 bridgehead atoms. The minimum absolute atomic E-state index is 0.190. The summed E-state index contributed by atoms with van der Waals surface area (Å²) in [6.45, 7) is 2.33. The molecule has 0 aromatic rings. The number of hydrogen-bond donors (Lipinski definition) is 3. The van der Waals surface area contributed by atoms with Gasteiger partial charge in [-0.05, 0) is 12.8 Å². The van der Waals surface area contributed by atoms with Crippen LogP contribution in [0.2, 0.25) is 0 Å². The van der Waals surface area contributed by atoms with E-state index in [9.17, 15) is 24.2 Å². The third-order valence-electron chi connectivity index (χ3n) is 7.26. The third kappa shape index (κ3) is 29.4. The van der Waals surface area contributed by atoms with Crippen LogP contribution in [0.5, 0.6) is 0 Å². The normalized spacial score (nSPS) is 14.3. The highest BCUT2D eigenvalue weighted by atomic mass is 31.2. The Kier molecular flexibility index (Phi) is 29.0. The molecule has 10 nitrogen and oxygen atoms in total. The molecule has 0 aliphatic heterocycles. The van der Waals surface area contributed by atoms with E-state index in [0.29, 0.717) is 12.8 Å². The zero-order valence-electron chi connectivity index (χ0n) is 27.2. The number of aliphatic hydroxyl groups excluding tert-OH is 2. The first-order valence-electron chi connectivity index (χ1n) is 17.0. The molecule has 1 unspecified atom stereocenters. The summed E-state index contributed by atoms with van der Waals surface area (Å²) in [7, 11) is -4.59. The van der Waals surface area contributed by atoms with Gasteiger partial charge in [0.25, 0.3) is 0 Å². The SMILES string of the molecule is CCCCCCCCCCCCCC(=O)O[C@H](COC(=O)CCCCCCCCCCC)COP(=O)(O)OC[C@@H](O)CO. The van der Waals surface area contributed by atoms with Crippen LogP contribution < -0.4 is 0 Å². The molecule has 0 aromatic heterocycles. The van der Waals surface area contributed by atoms with Crippen molar-refractivity contribution >= 4 is 19.8 Å². The van der Waals surface area contributed by atoms with Crippen molar-refractivity contribution in [1.29, 1.82) is 0 Å². The Hall–Kier alpha value is -1.03. The molecule has 0 rings (SSSR count). The molecule has 43 heavy (non-hydrogen) atoms. The highest BCUT2D eigenvalue weighted by Crippen LogP contribution is 2.43. The number of carbonyl (C=O) groups is 2. The van der Waals surface area contributed by atoms with Crippen LogP contribution in [0.15, 0.2) is 0 Å². The van der Waals surface area contributed by atoms with Crippen molar-refractivity contribution in [2.24, 2.45) is 0 Å². The second-order valence-corrected chi connectivity index (χ2v) is 13.0.